The first-order valence-electron chi connectivity index (χ1n) is 3.25. The van der Waals surface area contributed by atoms with Gasteiger partial charge >= 0.3 is 11.8 Å². The van der Waals surface area contributed by atoms with Crippen molar-refractivity contribution in [3.63, 3.8) is 0 Å². The van der Waals surface area contributed by atoms with Crippen molar-refractivity contribution in [1.29, 1.82) is 0 Å². The molecular formula is C5H6N4O4. The average Bonchev–Trinajstić information content (AvgIpc) is 2.52. The van der Waals surface area contributed by atoms with E-state index in [1.54, 1.807) is 0 Å². The zero-order chi connectivity index (χ0) is 9.84. The molecule has 0 saturated carbocycles. The van der Waals surface area contributed by atoms with Gasteiger partial charge in [0.25, 0.3) is 0 Å². The highest BCUT2D eigenvalue weighted by Crippen LogP contribution is 2.02. The molecule has 0 aliphatic heterocycles. The van der Waals surface area contributed by atoms with Crippen molar-refractivity contribution >= 4 is 11.8 Å². The highest BCUT2D eigenvalue weighted by molar-refractivity contribution is 5.68. The maximum atomic E-state index is 10.7. The number of aromatic nitrogens is 3. The van der Waals surface area contributed by atoms with Crippen molar-refractivity contribution in [2.24, 2.45) is 0 Å². The predicted molar refractivity (Wildman–Crippen MR) is 38.7 cm³/mol. The number of nitro groups is 1. The fourth-order valence-corrected chi connectivity index (χ4v) is 0.646. The molecule has 13 heavy (non-hydrogen) atoms. The van der Waals surface area contributed by atoms with E-state index in [2.05, 4.69) is 15.0 Å². The normalized spacial score (nSPS) is 9.62. The van der Waals surface area contributed by atoms with Crippen molar-refractivity contribution in [2.45, 2.75) is 6.54 Å². The highest BCUT2D eigenvalue weighted by atomic mass is 16.6. The first-order chi connectivity index (χ1) is 6.13. The third-order valence-electron chi connectivity index (χ3n) is 1.23. The predicted octanol–water partition coefficient (Wildman–Crippen LogP) is -0.641. The Hall–Kier alpha value is -1.99. The summed E-state index contributed by atoms with van der Waals surface area (Å²) >= 11 is 0. The SMILES string of the molecule is COC(=O)Cn1cc([N+](=O)[O-])nn1. The van der Waals surface area contributed by atoms with Crippen LogP contribution in [-0.2, 0) is 16.1 Å². The summed E-state index contributed by atoms with van der Waals surface area (Å²) in [6.07, 6.45) is 1.05. The highest BCUT2D eigenvalue weighted by Gasteiger charge is 2.13. The van der Waals surface area contributed by atoms with Crippen molar-refractivity contribution in [1.82, 2.24) is 15.0 Å². The van der Waals surface area contributed by atoms with Crippen molar-refractivity contribution in [3.05, 3.63) is 16.3 Å². The minimum atomic E-state index is -0.694. The van der Waals surface area contributed by atoms with E-state index < -0.39 is 16.7 Å². The molecule has 1 heterocycles. The largest absolute Gasteiger partial charge is 0.468 e. The number of ether oxygens (including phenoxy) is 1. The number of esters is 1. The molecule has 0 fully saturated rings. The Morgan fingerprint density at radius 3 is 3.00 bits per heavy atom. The van der Waals surface area contributed by atoms with E-state index in [4.69, 9.17) is 0 Å². The minimum Gasteiger partial charge on any atom is -0.468 e. The quantitative estimate of drug-likeness (QED) is 0.353. The maximum Gasteiger partial charge on any atom is 0.410 e. The molecule has 1 aromatic rings. The van der Waals surface area contributed by atoms with Crippen molar-refractivity contribution in [3.8, 4) is 0 Å². The zero-order valence-corrected chi connectivity index (χ0v) is 6.71. The van der Waals surface area contributed by atoms with Gasteiger partial charge in [-0.1, -0.05) is 0 Å². The number of carbonyl (C=O) groups excluding carboxylic acids is 1. The lowest BCUT2D eigenvalue weighted by atomic mass is 10.6. The Morgan fingerprint density at radius 2 is 2.54 bits per heavy atom. The number of hydrogen-bond acceptors (Lipinski definition) is 6. The Kier molecular flexibility index (Phi) is 2.52. The number of rotatable bonds is 3. The second-order valence-corrected chi connectivity index (χ2v) is 2.11. The van der Waals surface area contributed by atoms with Gasteiger partial charge in [0.1, 0.15) is 17.8 Å². The lowest BCUT2D eigenvalue weighted by Crippen LogP contribution is -2.11. The molecule has 0 radical (unpaired) electrons. The van der Waals surface area contributed by atoms with Crippen LogP contribution in [0.4, 0.5) is 5.82 Å². The fourth-order valence-electron chi connectivity index (χ4n) is 0.646. The molecule has 0 spiro atoms. The van der Waals surface area contributed by atoms with Crippen LogP contribution in [0.15, 0.2) is 6.20 Å². The summed E-state index contributed by atoms with van der Waals surface area (Å²) in [7, 11) is 1.22. The first-order valence-corrected chi connectivity index (χ1v) is 3.25. The van der Waals surface area contributed by atoms with E-state index in [9.17, 15) is 14.9 Å². The summed E-state index contributed by atoms with van der Waals surface area (Å²) < 4.78 is 5.36. The van der Waals surface area contributed by atoms with E-state index in [0.29, 0.717) is 0 Å². The Morgan fingerprint density at radius 1 is 1.85 bits per heavy atom. The third-order valence-corrected chi connectivity index (χ3v) is 1.23. The third kappa shape index (κ3) is 2.22. The van der Waals surface area contributed by atoms with Gasteiger partial charge in [-0.15, -0.1) is 0 Å². The van der Waals surface area contributed by atoms with Gasteiger partial charge in [0.15, 0.2) is 0 Å². The van der Waals surface area contributed by atoms with Gasteiger partial charge in [0, 0.05) is 0 Å². The summed E-state index contributed by atoms with van der Waals surface area (Å²) in [5, 5.41) is 16.7. The number of carbonyl (C=O) groups is 1. The van der Waals surface area contributed by atoms with E-state index in [0.717, 1.165) is 10.9 Å². The summed E-state index contributed by atoms with van der Waals surface area (Å²) in [6, 6.07) is 0. The first kappa shape index (κ1) is 9.10. The van der Waals surface area contributed by atoms with Crippen LogP contribution in [0.3, 0.4) is 0 Å². The van der Waals surface area contributed by atoms with Gasteiger partial charge in [0.2, 0.25) is 0 Å². The minimum absolute atomic E-state index is 0.183. The summed E-state index contributed by atoms with van der Waals surface area (Å²) in [5.74, 6) is -0.941. The molecule has 0 N–H and O–H groups in total. The molecule has 70 valence electrons. The number of hydrogen-bond donors (Lipinski definition) is 0. The topological polar surface area (TPSA) is 100 Å². The Bertz CT molecular complexity index is 333. The second-order valence-electron chi connectivity index (χ2n) is 2.11. The molecule has 0 amide bonds. The molecule has 0 unspecified atom stereocenters. The standard InChI is InChI=1S/C5H6N4O4/c1-13-5(10)3-8-2-4(6-7-8)9(11)12/h2H,3H2,1H3. The van der Waals surface area contributed by atoms with Crippen molar-refractivity contribution < 1.29 is 14.5 Å². The molecule has 8 nitrogen and oxygen atoms in total. The van der Waals surface area contributed by atoms with E-state index in [-0.39, 0.29) is 6.54 Å². The van der Waals surface area contributed by atoms with Crippen LogP contribution >= 0.6 is 0 Å². The smallest absolute Gasteiger partial charge is 0.410 e. The molecule has 0 saturated heterocycles. The molecule has 0 bridgehead atoms. The Balaban J connectivity index is 2.69. The van der Waals surface area contributed by atoms with Gasteiger partial charge in [0.05, 0.1) is 12.3 Å². The molecule has 8 heteroatoms. The summed E-state index contributed by atoms with van der Waals surface area (Å²) in [4.78, 5) is 20.1. The second kappa shape index (κ2) is 3.61. The maximum absolute atomic E-state index is 10.7. The van der Waals surface area contributed by atoms with Gasteiger partial charge < -0.3 is 14.9 Å². The van der Waals surface area contributed by atoms with E-state index >= 15 is 0 Å². The molecule has 1 aromatic heterocycles. The lowest BCUT2D eigenvalue weighted by Gasteiger charge is -1.94. The van der Waals surface area contributed by atoms with Crippen LogP contribution < -0.4 is 0 Å². The monoisotopic (exact) mass is 186 g/mol. The van der Waals surface area contributed by atoms with E-state index in [1.165, 1.54) is 7.11 Å². The zero-order valence-electron chi connectivity index (χ0n) is 6.71. The Labute approximate surface area is 72.2 Å². The van der Waals surface area contributed by atoms with Crippen LogP contribution in [0.5, 0.6) is 0 Å². The molecule has 1 rings (SSSR count). The van der Waals surface area contributed by atoms with Crippen LogP contribution in [-0.4, -0.2) is 33.0 Å². The summed E-state index contributed by atoms with van der Waals surface area (Å²) in [6.45, 7) is -0.183. The molecular weight excluding hydrogens is 180 g/mol. The van der Waals surface area contributed by atoms with Crippen LogP contribution in [0, 0.1) is 10.1 Å². The van der Waals surface area contributed by atoms with Gasteiger partial charge in [-0.2, -0.15) is 0 Å². The molecule has 0 aliphatic rings. The average molecular weight is 186 g/mol. The fraction of sp³-hybridized carbons (Fsp3) is 0.400. The number of methoxy groups -OCH3 is 1. The van der Waals surface area contributed by atoms with Crippen molar-refractivity contribution in [2.75, 3.05) is 7.11 Å². The lowest BCUT2D eigenvalue weighted by molar-refractivity contribution is -0.389. The van der Waals surface area contributed by atoms with Crippen LogP contribution in [0.1, 0.15) is 0 Å². The molecule has 0 atom stereocenters. The van der Waals surface area contributed by atoms with Gasteiger partial charge in [-0.05, 0) is 4.92 Å². The van der Waals surface area contributed by atoms with Gasteiger partial charge in [-0.3, -0.25) is 4.79 Å². The summed E-state index contributed by atoms with van der Waals surface area (Å²) in [5.41, 5.74) is 0. The van der Waals surface area contributed by atoms with Crippen LogP contribution in [0.25, 0.3) is 0 Å². The molecule has 0 aliphatic carbocycles. The van der Waals surface area contributed by atoms with Crippen LogP contribution in [0.2, 0.25) is 0 Å². The van der Waals surface area contributed by atoms with Gasteiger partial charge in [-0.25, -0.2) is 4.68 Å². The molecule has 0 aromatic carbocycles. The van der Waals surface area contributed by atoms with E-state index in [1.807, 2.05) is 0 Å². The number of nitrogens with zero attached hydrogens (tertiary/aromatic N) is 4.